The summed E-state index contributed by atoms with van der Waals surface area (Å²) in [5.41, 5.74) is -0.463. The van der Waals surface area contributed by atoms with E-state index in [1.807, 2.05) is 0 Å². The molecular formula is C17H20N2O6. The van der Waals surface area contributed by atoms with Gasteiger partial charge in [-0.1, -0.05) is 6.08 Å². The molecular weight excluding hydrogens is 328 g/mol. The Kier molecular flexibility index (Phi) is 5.41. The second-order valence-electron chi connectivity index (χ2n) is 6.62. The average molecular weight is 348 g/mol. The van der Waals surface area contributed by atoms with Crippen LogP contribution in [0.15, 0.2) is 36.4 Å². The third kappa shape index (κ3) is 5.59. The predicted octanol–water partition coefficient (Wildman–Crippen LogP) is 2.97. The van der Waals surface area contributed by atoms with E-state index >= 15 is 0 Å². The molecule has 0 bridgehead atoms. The maximum absolute atomic E-state index is 12.1. The molecule has 2 rings (SSSR count). The lowest BCUT2D eigenvalue weighted by Gasteiger charge is -2.21. The minimum absolute atomic E-state index is 0.0982. The average Bonchev–Trinajstić information content (AvgIpc) is 2.92. The van der Waals surface area contributed by atoms with Gasteiger partial charge >= 0.3 is 12.1 Å². The summed E-state index contributed by atoms with van der Waals surface area (Å²) < 4.78 is 10.5. The maximum atomic E-state index is 12.1. The fourth-order valence-electron chi connectivity index (χ4n) is 2.24. The van der Waals surface area contributed by atoms with Gasteiger partial charge in [0.05, 0.1) is 16.5 Å². The Morgan fingerprint density at radius 3 is 2.40 bits per heavy atom. The van der Waals surface area contributed by atoms with E-state index in [0.717, 1.165) is 0 Å². The van der Waals surface area contributed by atoms with Crippen LogP contribution in [0.25, 0.3) is 0 Å². The summed E-state index contributed by atoms with van der Waals surface area (Å²) in [6, 6.07) is 4.89. The van der Waals surface area contributed by atoms with Crippen LogP contribution in [-0.4, -0.2) is 34.7 Å². The Morgan fingerprint density at radius 2 is 1.84 bits per heavy atom. The second kappa shape index (κ2) is 7.33. The second-order valence-corrected chi connectivity index (χ2v) is 6.62. The fourth-order valence-corrected chi connectivity index (χ4v) is 2.24. The van der Waals surface area contributed by atoms with Gasteiger partial charge in [-0.25, -0.2) is 9.59 Å². The fraction of sp³-hybridized carbons (Fsp3) is 0.412. The number of nitrogens with one attached hydrogen (secondary N) is 1. The van der Waals surface area contributed by atoms with Gasteiger partial charge in [0.15, 0.2) is 0 Å². The minimum Gasteiger partial charge on any atom is -0.454 e. The van der Waals surface area contributed by atoms with Crippen LogP contribution in [-0.2, 0) is 9.47 Å². The van der Waals surface area contributed by atoms with Crippen molar-refractivity contribution in [3.63, 3.8) is 0 Å². The van der Waals surface area contributed by atoms with Crippen LogP contribution in [0, 0.1) is 10.1 Å². The molecule has 1 amide bonds. The first kappa shape index (κ1) is 18.4. The van der Waals surface area contributed by atoms with Crippen molar-refractivity contribution in [3.8, 4) is 0 Å². The van der Waals surface area contributed by atoms with Gasteiger partial charge in [-0.15, -0.1) is 0 Å². The summed E-state index contributed by atoms with van der Waals surface area (Å²) in [7, 11) is 0. The molecule has 0 spiro atoms. The van der Waals surface area contributed by atoms with Crippen LogP contribution in [0.1, 0.15) is 37.6 Å². The number of rotatable bonds is 4. The number of amides is 1. The normalized spacial score (nSPS) is 19.3. The molecule has 8 nitrogen and oxygen atoms in total. The number of benzene rings is 1. The van der Waals surface area contributed by atoms with E-state index in [1.54, 1.807) is 32.9 Å². The molecule has 0 radical (unpaired) electrons. The van der Waals surface area contributed by atoms with Gasteiger partial charge in [-0.05, 0) is 39.0 Å². The Bertz CT molecular complexity index is 690. The highest BCUT2D eigenvalue weighted by Gasteiger charge is 2.26. The number of nitro benzene ring substituents is 1. The summed E-state index contributed by atoms with van der Waals surface area (Å²) in [6.45, 7) is 5.31. The summed E-state index contributed by atoms with van der Waals surface area (Å²) in [5.74, 6) is -0.581. The number of carbonyl (C=O) groups excluding carboxylic acids is 2. The quantitative estimate of drug-likeness (QED) is 0.388. The highest BCUT2D eigenvalue weighted by atomic mass is 16.6. The molecule has 25 heavy (non-hydrogen) atoms. The summed E-state index contributed by atoms with van der Waals surface area (Å²) >= 11 is 0. The van der Waals surface area contributed by atoms with Gasteiger partial charge in [-0.3, -0.25) is 10.1 Å². The number of non-ortho nitro benzene ring substituents is 1. The first-order valence-electron chi connectivity index (χ1n) is 7.77. The van der Waals surface area contributed by atoms with Gasteiger partial charge < -0.3 is 14.8 Å². The molecule has 1 aromatic rings. The lowest BCUT2D eigenvalue weighted by atomic mass is 10.2. The zero-order valence-corrected chi connectivity index (χ0v) is 14.2. The first-order valence-corrected chi connectivity index (χ1v) is 7.77. The van der Waals surface area contributed by atoms with Crippen molar-refractivity contribution in [1.82, 2.24) is 5.32 Å². The van der Waals surface area contributed by atoms with Gasteiger partial charge in [0, 0.05) is 18.6 Å². The summed E-state index contributed by atoms with van der Waals surface area (Å²) in [4.78, 5) is 33.8. The van der Waals surface area contributed by atoms with Crippen molar-refractivity contribution in [2.45, 2.75) is 44.9 Å². The molecule has 1 aromatic carbocycles. The molecule has 0 heterocycles. The van der Waals surface area contributed by atoms with Crippen molar-refractivity contribution >= 4 is 17.7 Å². The number of hydrogen-bond donors (Lipinski definition) is 1. The molecule has 0 fully saturated rings. The van der Waals surface area contributed by atoms with Crippen LogP contribution < -0.4 is 5.32 Å². The number of alkyl carbamates (subject to hydrolysis) is 1. The Balaban J connectivity index is 1.84. The van der Waals surface area contributed by atoms with Crippen molar-refractivity contribution in [1.29, 1.82) is 0 Å². The number of ether oxygens (including phenoxy) is 2. The predicted molar refractivity (Wildman–Crippen MR) is 89.2 cm³/mol. The third-order valence-electron chi connectivity index (χ3n) is 3.32. The molecule has 2 atom stereocenters. The molecule has 0 saturated heterocycles. The maximum Gasteiger partial charge on any atom is 0.408 e. The minimum atomic E-state index is -0.589. The van der Waals surface area contributed by atoms with E-state index < -0.39 is 28.7 Å². The largest absolute Gasteiger partial charge is 0.454 e. The number of nitrogens with zero attached hydrogens (tertiary/aromatic N) is 1. The van der Waals surface area contributed by atoms with E-state index in [-0.39, 0.29) is 17.3 Å². The summed E-state index contributed by atoms with van der Waals surface area (Å²) in [6.07, 6.45) is 2.80. The van der Waals surface area contributed by atoms with Gasteiger partial charge in [0.1, 0.15) is 11.7 Å². The van der Waals surface area contributed by atoms with Crippen molar-refractivity contribution < 1.29 is 24.0 Å². The van der Waals surface area contributed by atoms with E-state index in [4.69, 9.17) is 9.47 Å². The van der Waals surface area contributed by atoms with Gasteiger partial charge in [0.25, 0.3) is 5.69 Å². The van der Waals surface area contributed by atoms with E-state index in [9.17, 15) is 19.7 Å². The Labute approximate surface area is 145 Å². The monoisotopic (exact) mass is 348 g/mol. The highest BCUT2D eigenvalue weighted by Crippen LogP contribution is 2.18. The highest BCUT2D eigenvalue weighted by molar-refractivity contribution is 5.89. The van der Waals surface area contributed by atoms with Crippen LogP contribution in [0.2, 0.25) is 0 Å². The molecule has 134 valence electrons. The lowest BCUT2D eigenvalue weighted by molar-refractivity contribution is -0.384. The molecule has 1 N–H and O–H groups in total. The topological polar surface area (TPSA) is 108 Å². The number of carbonyl (C=O) groups is 2. The van der Waals surface area contributed by atoms with E-state index in [2.05, 4.69) is 5.32 Å². The summed E-state index contributed by atoms with van der Waals surface area (Å²) in [5, 5.41) is 13.3. The molecule has 0 aliphatic heterocycles. The van der Waals surface area contributed by atoms with Crippen molar-refractivity contribution in [3.05, 3.63) is 52.1 Å². The number of esters is 1. The van der Waals surface area contributed by atoms with Crippen LogP contribution in [0.3, 0.4) is 0 Å². The molecule has 1 aliphatic rings. The van der Waals surface area contributed by atoms with Crippen molar-refractivity contribution in [2.75, 3.05) is 0 Å². The third-order valence-corrected chi connectivity index (χ3v) is 3.32. The zero-order valence-electron chi connectivity index (χ0n) is 14.2. The molecule has 0 saturated carbocycles. The Hall–Kier alpha value is -2.90. The lowest BCUT2D eigenvalue weighted by Crippen LogP contribution is -2.38. The van der Waals surface area contributed by atoms with Crippen LogP contribution in [0.5, 0.6) is 0 Å². The van der Waals surface area contributed by atoms with Gasteiger partial charge in [-0.2, -0.15) is 0 Å². The smallest absolute Gasteiger partial charge is 0.408 e. The number of nitro groups is 1. The Morgan fingerprint density at radius 1 is 1.20 bits per heavy atom. The van der Waals surface area contributed by atoms with Crippen molar-refractivity contribution in [2.24, 2.45) is 0 Å². The van der Waals surface area contributed by atoms with E-state index in [0.29, 0.717) is 6.42 Å². The molecule has 0 aromatic heterocycles. The number of hydrogen-bond acceptors (Lipinski definition) is 6. The van der Waals surface area contributed by atoms with Gasteiger partial charge in [0.2, 0.25) is 0 Å². The van der Waals surface area contributed by atoms with Crippen LogP contribution >= 0.6 is 0 Å². The SMILES string of the molecule is CC(C)(C)OC(=O)N[C@H]1C=C[C@H](OC(=O)c2ccc([N+](=O)[O-])cc2)C1. The van der Waals surface area contributed by atoms with Crippen LogP contribution in [0.4, 0.5) is 10.5 Å². The molecule has 0 unspecified atom stereocenters. The first-order chi connectivity index (χ1) is 11.6. The zero-order chi connectivity index (χ0) is 18.6. The molecule has 1 aliphatic carbocycles. The molecule has 8 heteroatoms. The van der Waals surface area contributed by atoms with E-state index in [1.165, 1.54) is 24.3 Å². The standard InChI is InChI=1S/C17H20N2O6/c1-17(2,3)25-16(21)18-12-6-9-14(10-12)24-15(20)11-4-7-13(8-5-11)19(22)23/h4-9,12,14H,10H2,1-3H3,(H,18,21)/t12-,14-/m0/s1.